The van der Waals surface area contributed by atoms with Crippen LogP contribution in [0.15, 0.2) is 54.0 Å². The van der Waals surface area contributed by atoms with Crippen molar-refractivity contribution in [3.63, 3.8) is 0 Å². The van der Waals surface area contributed by atoms with Gasteiger partial charge in [-0.3, -0.25) is 14.5 Å². The summed E-state index contributed by atoms with van der Waals surface area (Å²) in [6.07, 6.45) is 3.17. The number of benzene rings is 2. The normalized spacial score (nSPS) is 14.7. The van der Waals surface area contributed by atoms with Gasteiger partial charge in [0.15, 0.2) is 11.5 Å². The number of hydrogen-bond acceptors (Lipinski definition) is 6. The second-order valence-corrected chi connectivity index (χ2v) is 7.90. The van der Waals surface area contributed by atoms with Gasteiger partial charge >= 0.3 is 0 Å². The van der Waals surface area contributed by atoms with Crippen molar-refractivity contribution in [1.29, 1.82) is 0 Å². The largest absolute Gasteiger partial charge is 0.492 e. The lowest BCUT2D eigenvalue weighted by molar-refractivity contribution is -0.123. The fourth-order valence-electron chi connectivity index (χ4n) is 2.85. The lowest BCUT2D eigenvalue weighted by Gasteiger charge is -2.14. The summed E-state index contributed by atoms with van der Waals surface area (Å²) < 4.78 is 29.6. The number of hydrogen-bond donors (Lipinski definition) is 0. The second kappa shape index (κ2) is 11.1. The third-order valence-electron chi connectivity index (χ3n) is 4.25. The van der Waals surface area contributed by atoms with Crippen molar-refractivity contribution in [2.45, 2.75) is 6.92 Å². The van der Waals surface area contributed by atoms with Crippen molar-refractivity contribution in [2.75, 3.05) is 26.4 Å². The molecule has 1 fully saturated rings. The number of halogens is 2. The minimum Gasteiger partial charge on any atom is -0.492 e. The van der Waals surface area contributed by atoms with Crippen LogP contribution in [0.2, 0.25) is 5.02 Å². The Bertz CT molecular complexity index is 1040. The first-order valence-electron chi connectivity index (χ1n) is 9.76. The van der Waals surface area contributed by atoms with E-state index in [0.717, 1.165) is 16.7 Å². The second-order valence-electron chi connectivity index (χ2n) is 6.50. The number of amides is 2. The molecule has 1 aliphatic heterocycles. The van der Waals surface area contributed by atoms with Gasteiger partial charge in [0.1, 0.15) is 24.8 Å². The molecule has 168 valence electrons. The topological polar surface area (TPSA) is 65.1 Å². The third kappa shape index (κ3) is 5.83. The maximum absolute atomic E-state index is 13.0. The molecule has 0 saturated carbocycles. The van der Waals surface area contributed by atoms with Crippen LogP contribution < -0.4 is 14.2 Å². The number of ether oxygens (including phenoxy) is 3. The average Bonchev–Trinajstić information content (AvgIpc) is 3.02. The van der Waals surface area contributed by atoms with Gasteiger partial charge in [-0.15, -0.1) is 0 Å². The molecule has 1 heterocycles. The first kappa shape index (κ1) is 23.7. The Morgan fingerprint density at radius 1 is 1.16 bits per heavy atom. The molecule has 6 nitrogen and oxygen atoms in total. The highest BCUT2D eigenvalue weighted by Crippen LogP contribution is 2.39. The molecule has 3 rings (SSSR count). The summed E-state index contributed by atoms with van der Waals surface area (Å²) >= 11 is 7.18. The van der Waals surface area contributed by atoms with Gasteiger partial charge in [-0.05, 0) is 66.7 Å². The van der Waals surface area contributed by atoms with Crippen LogP contribution in [0.5, 0.6) is 17.2 Å². The predicted octanol–water partition coefficient (Wildman–Crippen LogP) is 5.56. The highest BCUT2D eigenvalue weighted by atomic mass is 35.5. The molecule has 0 bridgehead atoms. The number of nitrogens with zero attached hydrogens (tertiary/aromatic N) is 1. The van der Waals surface area contributed by atoms with Crippen LogP contribution in [0.25, 0.3) is 6.08 Å². The minimum atomic E-state index is -0.427. The summed E-state index contributed by atoms with van der Waals surface area (Å²) in [4.78, 5) is 26.4. The Kier molecular flexibility index (Phi) is 8.19. The fourth-order valence-corrected chi connectivity index (χ4v) is 3.98. The molecule has 0 aliphatic carbocycles. The van der Waals surface area contributed by atoms with Crippen LogP contribution in [0.1, 0.15) is 12.5 Å². The number of carbonyl (C=O) groups is 2. The van der Waals surface area contributed by atoms with Gasteiger partial charge in [-0.1, -0.05) is 24.3 Å². The van der Waals surface area contributed by atoms with Crippen molar-refractivity contribution in [1.82, 2.24) is 4.90 Å². The summed E-state index contributed by atoms with van der Waals surface area (Å²) in [5.74, 6) is 0.465. The molecule has 0 aromatic heterocycles. The number of thioether (sulfide) groups is 1. The molecule has 0 N–H and O–H groups in total. The van der Waals surface area contributed by atoms with E-state index in [1.807, 2.05) is 6.92 Å². The minimum absolute atomic E-state index is 0.0681. The van der Waals surface area contributed by atoms with E-state index >= 15 is 0 Å². The van der Waals surface area contributed by atoms with E-state index in [-0.39, 0.29) is 30.5 Å². The highest BCUT2D eigenvalue weighted by Gasteiger charge is 2.35. The van der Waals surface area contributed by atoms with Gasteiger partial charge in [0, 0.05) is 0 Å². The standard InChI is InChI=1S/C23H21ClFNO5S/c1-3-10-31-21-18(24)12-15(13-19(21)29-4-2)14-20-22(27)26(23(28)32-20)9-11-30-17-7-5-16(25)6-8-17/h3,5-8,12-14H,1,4,9-11H2,2H3/b20-14-. The monoisotopic (exact) mass is 477 g/mol. The van der Waals surface area contributed by atoms with Crippen LogP contribution in [0.3, 0.4) is 0 Å². The number of carbonyl (C=O) groups excluding carboxylic acids is 2. The van der Waals surface area contributed by atoms with Crippen LogP contribution in [-0.2, 0) is 4.79 Å². The van der Waals surface area contributed by atoms with E-state index in [4.69, 9.17) is 25.8 Å². The molecular formula is C23H21ClFNO5S. The summed E-state index contributed by atoms with van der Waals surface area (Å²) in [5, 5.41) is -0.0815. The zero-order valence-corrected chi connectivity index (χ0v) is 18.9. The van der Waals surface area contributed by atoms with Crippen molar-refractivity contribution in [3.8, 4) is 17.2 Å². The zero-order valence-electron chi connectivity index (χ0n) is 17.3. The molecule has 2 aromatic carbocycles. The molecule has 32 heavy (non-hydrogen) atoms. The van der Waals surface area contributed by atoms with Crippen molar-refractivity contribution < 1.29 is 28.2 Å². The van der Waals surface area contributed by atoms with Crippen LogP contribution >= 0.6 is 23.4 Å². The molecule has 2 aromatic rings. The summed E-state index contributed by atoms with van der Waals surface area (Å²) in [6, 6.07) is 8.82. The summed E-state index contributed by atoms with van der Waals surface area (Å²) in [5.41, 5.74) is 0.595. The molecule has 1 aliphatic rings. The van der Waals surface area contributed by atoms with E-state index in [1.54, 1.807) is 24.3 Å². The third-order valence-corrected chi connectivity index (χ3v) is 5.43. The number of imide groups is 1. The Morgan fingerprint density at radius 3 is 2.59 bits per heavy atom. The quantitative estimate of drug-likeness (QED) is 0.330. The summed E-state index contributed by atoms with van der Waals surface area (Å²) in [6.45, 7) is 6.26. The van der Waals surface area contributed by atoms with Gasteiger partial charge in [0.2, 0.25) is 0 Å². The van der Waals surface area contributed by atoms with Crippen molar-refractivity contribution in [2.24, 2.45) is 0 Å². The van der Waals surface area contributed by atoms with Crippen LogP contribution in [0, 0.1) is 5.82 Å². The highest BCUT2D eigenvalue weighted by molar-refractivity contribution is 8.18. The van der Waals surface area contributed by atoms with Gasteiger partial charge in [0.05, 0.1) is 23.1 Å². The zero-order chi connectivity index (χ0) is 23.1. The number of rotatable bonds is 10. The maximum Gasteiger partial charge on any atom is 0.293 e. The molecule has 0 atom stereocenters. The maximum atomic E-state index is 13.0. The first-order chi connectivity index (χ1) is 15.4. The van der Waals surface area contributed by atoms with E-state index in [0.29, 0.717) is 34.4 Å². The predicted molar refractivity (Wildman–Crippen MR) is 123 cm³/mol. The Morgan fingerprint density at radius 2 is 1.91 bits per heavy atom. The Labute approximate surface area is 194 Å². The molecule has 0 unspecified atom stereocenters. The SMILES string of the molecule is C=CCOc1c(Cl)cc(/C=C2\SC(=O)N(CCOc3ccc(F)cc3)C2=O)cc1OCC. The molecular weight excluding hydrogens is 457 g/mol. The van der Waals surface area contributed by atoms with Crippen LogP contribution in [-0.4, -0.2) is 42.4 Å². The van der Waals surface area contributed by atoms with E-state index < -0.39 is 11.1 Å². The van der Waals surface area contributed by atoms with E-state index in [1.165, 1.54) is 24.3 Å². The fraction of sp³-hybridized carbons (Fsp3) is 0.217. The molecule has 0 radical (unpaired) electrons. The van der Waals surface area contributed by atoms with Crippen molar-refractivity contribution >= 4 is 40.6 Å². The molecule has 2 amide bonds. The lowest BCUT2D eigenvalue weighted by Crippen LogP contribution is -2.32. The van der Waals surface area contributed by atoms with Crippen LogP contribution in [0.4, 0.5) is 9.18 Å². The van der Waals surface area contributed by atoms with Gasteiger partial charge in [-0.2, -0.15) is 0 Å². The average molecular weight is 478 g/mol. The molecule has 9 heteroatoms. The van der Waals surface area contributed by atoms with Gasteiger partial charge < -0.3 is 14.2 Å². The molecule has 0 spiro atoms. The Hall–Kier alpha value is -2.97. The Balaban J connectivity index is 1.71. The summed E-state index contributed by atoms with van der Waals surface area (Å²) in [7, 11) is 0. The van der Waals surface area contributed by atoms with Crippen molar-refractivity contribution in [3.05, 3.63) is 70.4 Å². The van der Waals surface area contributed by atoms with E-state index in [2.05, 4.69) is 6.58 Å². The first-order valence-corrected chi connectivity index (χ1v) is 11.0. The lowest BCUT2D eigenvalue weighted by atomic mass is 10.1. The van der Waals surface area contributed by atoms with Gasteiger partial charge in [-0.25, -0.2) is 4.39 Å². The smallest absolute Gasteiger partial charge is 0.293 e. The van der Waals surface area contributed by atoms with E-state index in [9.17, 15) is 14.0 Å². The van der Waals surface area contributed by atoms with Gasteiger partial charge in [0.25, 0.3) is 11.1 Å². The molecule has 1 saturated heterocycles.